The zero-order chi connectivity index (χ0) is 14.0. The number of aromatic nitrogens is 2. The highest BCUT2D eigenvalue weighted by Gasteiger charge is 2.40. The van der Waals surface area contributed by atoms with Crippen molar-refractivity contribution in [3.63, 3.8) is 0 Å². The number of nitrogens with two attached hydrogens (primary N) is 1. The molecule has 2 rings (SSSR count). The lowest BCUT2D eigenvalue weighted by Gasteiger charge is -2.28. The van der Waals surface area contributed by atoms with Gasteiger partial charge in [0.25, 0.3) is 0 Å². The van der Waals surface area contributed by atoms with Gasteiger partial charge in [-0.3, -0.25) is 0 Å². The Labute approximate surface area is 128 Å². The summed E-state index contributed by atoms with van der Waals surface area (Å²) in [6, 6.07) is 0. The summed E-state index contributed by atoms with van der Waals surface area (Å²) in [6.07, 6.45) is 4.34. The van der Waals surface area contributed by atoms with Gasteiger partial charge in [0.05, 0.1) is 9.26 Å². The second kappa shape index (κ2) is 5.91. The van der Waals surface area contributed by atoms with Crippen molar-refractivity contribution in [2.75, 3.05) is 12.3 Å². The van der Waals surface area contributed by atoms with Gasteiger partial charge in [-0.15, -0.1) is 0 Å². The van der Waals surface area contributed by atoms with Crippen LogP contribution in [0.2, 0.25) is 0 Å². The van der Waals surface area contributed by atoms with Crippen LogP contribution in [0, 0.1) is 3.57 Å². The van der Waals surface area contributed by atoms with Crippen molar-refractivity contribution in [2.24, 2.45) is 0 Å². The first kappa shape index (κ1) is 15.0. The quantitative estimate of drug-likeness (QED) is 0.817. The molecule has 1 aliphatic rings. The van der Waals surface area contributed by atoms with Gasteiger partial charge in [-0.1, -0.05) is 13.8 Å². The van der Waals surface area contributed by atoms with Crippen LogP contribution in [0.4, 0.5) is 5.82 Å². The largest absolute Gasteiger partial charge is 0.383 e. The zero-order valence-electron chi connectivity index (χ0n) is 11.9. The zero-order valence-corrected chi connectivity index (χ0v) is 14.0. The fourth-order valence-electron chi connectivity index (χ4n) is 2.72. The molecule has 0 atom stereocenters. The first-order valence-electron chi connectivity index (χ1n) is 6.97. The van der Waals surface area contributed by atoms with Crippen molar-refractivity contribution in [2.45, 2.75) is 58.0 Å². The van der Waals surface area contributed by atoms with Crippen LogP contribution in [0.3, 0.4) is 0 Å². The summed E-state index contributed by atoms with van der Waals surface area (Å²) in [5, 5.41) is 0. The molecule has 0 aromatic carbocycles. The molecular formula is C14H22IN3O. The summed E-state index contributed by atoms with van der Waals surface area (Å²) in [5.41, 5.74) is 6.80. The highest BCUT2D eigenvalue weighted by atomic mass is 127. The summed E-state index contributed by atoms with van der Waals surface area (Å²) < 4.78 is 7.00. The Bertz CT molecular complexity index is 456. The molecular weight excluding hydrogens is 353 g/mol. The molecule has 0 bridgehead atoms. The highest BCUT2D eigenvalue weighted by Crippen LogP contribution is 2.41. The van der Waals surface area contributed by atoms with Crippen LogP contribution in [-0.4, -0.2) is 16.6 Å². The molecule has 106 valence electrons. The van der Waals surface area contributed by atoms with Crippen molar-refractivity contribution in [3.05, 3.63) is 15.1 Å². The minimum atomic E-state index is -0.309. The van der Waals surface area contributed by atoms with Gasteiger partial charge in [0.2, 0.25) is 0 Å². The lowest BCUT2D eigenvalue weighted by molar-refractivity contribution is -0.0457. The molecule has 1 heterocycles. The SMILES string of the molecule is CCOC1(c2nc(N)c(I)c(C(C)C)n2)CCCC1. The minimum absolute atomic E-state index is 0.309. The third kappa shape index (κ3) is 2.86. The smallest absolute Gasteiger partial charge is 0.162 e. The predicted octanol–water partition coefficient (Wildman–Crippen LogP) is 3.59. The van der Waals surface area contributed by atoms with Gasteiger partial charge >= 0.3 is 0 Å². The first-order valence-corrected chi connectivity index (χ1v) is 8.05. The molecule has 0 amide bonds. The summed E-state index contributed by atoms with van der Waals surface area (Å²) >= 11 is 2.24. The number of hydrogen-bond acceptors (Lipinski definition) is 4. The lowest BCUT2D eigenvalue weighted by atomic mass is 10.00. The Morgan fingerprint density at radius 2 is 1.95 bits per heavy atom. The van der Waals surface area contributed by atoms with Gasteiger partial charge in [0.15, 0.2) is 5.82 Å². The van der Waals surface area contributed by atoms with Gasteiger partial charge in [-0.2, -0.15) is 0 Å². The van der Waals surface area contributed by atoms with E-state index in [4.69, 9.17) is 15.5 Å². The second-order valence-corrected chi connectivity index (χ2v) is 6.50. The number of nitrogen functional groups attached to an aromatic ring is 1. The van der Waals surface area contributed by atoms with Gasteiger partial charge in [-0.25, -0.2) is 9.97 Å². The fraction of sp³-hybridized carbons (Fsp3) is 0.714. The molecule has 1 fully saturated rings. The van der Waals surface area contributed by atoms with E-state index in [1.54, 1.807) is 0 Å². The first-order chi connectivity index (χ1) is 9.00. The number of anilines is 1. The topological polar surface area (TPSA) is 61.0 Å². The Kier molecular flexibility index (Phi) is 4.66. The number of nitrogens with zero attached hydrogens (tertiary/aromatic N) is 2. The van der Waals surface area contributed by atoms with Gasteiger partial charge in [0.1, 0.15) is 11.4 Å². The monoisotopic (exact) mass is 375 g/mol. The molecule has 0 spiro atoms. The Morgan fingerprint density at radius 1 is 1.32 bits per heavy atom. The van der Waals surface area contributed by atoms with Gasteiger partial charge in [-0.05, 0) is 61.1 Å². The molecule has 0 aliphatic heterocycles. The summed E-state index contributed by atoms with van der Waals surface area (Å²) in [7, 11) is 0. The van der Waals surface area contributed by atoms with Crippen molar-refractivity contribution in [1.82, 2.24) is 9.97 Å². The van der Waals surface area contributed by atoms with Crippen LogP contribution in [0.1, 0.15) is 63.9 Å². The maximum Gasteiger partial charge on any atom is 0.162 e. The van der Waals surface area contributed by atoms with E-state index in [9.17, 15) is 0 Å². The standard InChI is InChI=1S/C14H22IN3O/c1-4-19-14(7-5-6-8-14)13-17-11(9(2)3)10(15)12(16)18-13/h9H,4-8H2,1-3H3,(H2,16,17,18). The predicted molar refractivity (Wildman–Crippen MR) is 85.0 cm³/mol. The average Bonchev–Trinajstić information content (AvgIpc) is 2.82. The van der Waals surface area contributed by atoms with E-state index in [0.29, 0.717) is 18.3 Å². The molecule has 1 aliphatic carbocycles. The number of halogens is 1. The molecule has 19 heavy (non-hydrogen) atoms. The molecule has 0 unspecified atom stereocenters. The van der Waals surface area contributed by atoms with E-state index >= 15 is 0 Å². The van der Waals surface area contributed by atoms with E-state index in [1.165, 1.54) is 12.8 Å². The van der Waals surface area contributed by atoms with Gasteiger partial charge in [0, 0.05) is 6.61 Å². The molecule has 4 nitrogen and oxygen atoms in total. The minimum Gasteiger partial charge on any atom is -0.383 e. The average molecular weight is 375 g/mol. The summed E-state index contributed by atoms with van der Waals surface area (Å²) in [4.78, 5) is 9.30. The van der Waals surface area contributed by atoms with Crippen LogP contribution < -0.4 is 5.73 Å². The molecule has 1 aromatic rings. The van der Waals surface area contributed by atoms with Crippen molar-refractivity contribution in [3.8, 4) is 0 Å². The third-order valence-electron chi connectivity index (χ3n) is 3.69. The number of ether oxygens (including phenoxy) is 1. The van der Waals surface area contributed by atoms with Crippen LogP contribution in [0.15, 0.2) is 0 Å². The Balaban J connectivity index is 2.49. The van der Waals surface area contributed by atoms with E-state index < -0.39 is 0 Å². The third-order valence-corrected chi connectivity index (χ3v) is 4.79. The second-order valence-electron chi connectivity index (χ2n) is 5.42. The van der Waals surface area contributed by atoms with Crippen LogP contribution >= 0.6 is 22.6 Å². The summed E-state index contributed by atoms with van der Waals surface area (Å²) in [5.74, 6) is 1.71. The lowest BCUT2D eigenvalue weighted by Crippen LogP contribution is -2.30. The van der Waals surface area contributed by atoms with E-state index in [0.717, 1.165) is 27.9 Å². The maximum atomic E-state index is 6.07. The van der Waals surface area contributed by atoms with Crippen molar-refractivity contribution >= 4 is 28.4 Å². The van der Waals surface area contributed by atoms with E-state index in [1.807, 2.05) is 6.92 Å². The number of rotatable bonds is 4. The Hall–Kier alpha value is -0.430. The summed E-state index contributed by atoms with van der Waals surface area (Å²) in [6.45, 7) is 6.98. The van der Waals surface area contributed by atoms with Crippen LogP contribution in [0.25, 0.3) is 0 Å². The molecule has 1 saturated carbocycles. The van der Waals surface area contributed by atoms with Gasteiger partial charge < -0.3 is 10.5 Å². The molecule has 5 heteroatoms. The molecule has 1 aromatic heterocycles. The highest BCUT2D eigenvalue weighted by molar-refractivity contribution is 14.1. The normalized spacial score (nSPS) is 18.2. The fourth-order valence-corrected chi connectivity index (χ4v) is 3.59. The van der Waals surface area contributed by atoms with Crippen LogP contribution in [-0.2, 0) is 10.3 Å². The maximum absolute atomic E-state index is 6.07. The van der Waals surface area contributed by atoms with Crippen LogP contribution in [0.5, 0.6) is 0 Å². The van der Waals surface area contributed by atoms with Crippen molar-refractivity contribution in [1.29, 1.82) is 0 Å². The molecule has 0 radical (unpaired) electrons. The van der Waals surface area contributed by atoms with E-state index in [2.05, 4.69) is 41.4 Å². The number of hydrogen-bond donors (Lipinski definition) is 1. The van der Waals surface area contributed by atoms with Crippen molar-refractivity contribution < 1.29 is 4.74 Å². The molecule has 0 saturated heterocycles. The molecule has 2 N–H and O–H groups in total. The Morgan fingerprint density at radius 3 is 2.47 bits per heavy atom. The van der Waals surface area contributed by atoms with E-state index in [-0.39, 0.29) is 5.60 Å².